The van der Waals surface area contributed by atoms with Gasteiger partial charge in [0.2, 0.25) is 10.0 Å². The number of methoxy groups -OCH3 is 1. The van der Waals surface area contributed by atoms with Crippen molar-refractivity contribution in [2.45, 2.75) is 30.7 Å². The van der Waals surface area contributed by atoms with Crippen LogP contribution in [0.1, 0.15) is 18.4 Å². The molecule has 1 unspecified atom stereocenters. The van der Waals surface area contributed by atoms with Crippen molar-refractivity contribution >= 4 is 26.0 Å². The van der Waals surface area contributed by atoms with Crippen LogP contribution in [-0.2, 0) is 10.0 Å². The van der Waals surface area contributed by atoms with E-state index in [1.807, 2.05) is 14.0 Å². The Morgan fingerprint density at radius 3 is 2.81 bits per heavy atom. The second kappa shape index (κ2) is 6.64. The molecule has 1 aromatic rings. The van der Waals surface area contributed by atoms with E-state index in [0.29, 0.717) is 18.8 Å². The summed E-state index contributed by atoms with van der Waals surface area (Å²) in [6.07, 6.45) is 1.77. The van der Waals surface area contributed by atoms with Gasteiger partial charge in [-0.3, -0.25) is 0 Å². The summed E-state index contributed by atoms with van der Waals surface area (Å²) in [5, 5.41) is 3.07. The van der Waals surface area contributed by atoms with E-state index < -0.39 is 10.0 Å². The Morgan fingerprint density at radius 2 is 2.19 bits per heavy atom. The highest BCUT2D eigenvalue weighted by Gasteiger charge is 2.36. The van der Waals surface area contributed by atoms with Crippen molar-refractivity contribution in [1.82, 2.24) is 9.62 Å². The maximum absolute atomic E-state index is 13.0. The lowest BCUT2D eigenvalue weighted by Crippen LogP contribution is -2.40. The molecule has 0 aliphatic carbocycles. The van der Waals surface area contributed by atoms with Crippen LogP contribution >= 0.6 is 15.9 Å². The van der Waals surface area contributed by atoms with Gasteiger partial charge in [0, 0.05) is 23.6 Å². The highest BCUT2D eigenvalue weighted by molar-refractivity contribution is 9.10. The SMILES string of the molecule is CNCC1CCCN1S(=O)(=O)c1cc(Br)c(C)cc1OC. The topological polar surface area (TPSA) is 58.6 Å². The Bertz CT molecular complexity index is 619. The third kappa shape index (κ3) is 3.26. The monoisotopic (exact) mass is 376 g/mol. The number of hydrogen-bond acceptors (Lipinski definition) is 4. The van der Waals surface area contributed by atoms with Crippen molar-refractivity contribution in [2.75, 3.05) is 27.2 Å². The van der Waals surface area contributed by atoms with Crippen molar-refractivity contribution < 1.29 is 13.2 Å². The van der Waals surface area contributed by atoms with Gasteiger partial charge in [-0.1, -0.05) is 15.9 Å². The van der Waals surface area contributed by atoms with E-state index in [1.54, 1.807) is 16.4 Å². The average molecular weight is 377 g/mol. The number of nitrogens with one attached hydrogen (secondary N) is 1. The molecule has 1 aromatic carbocycles. The molecule has 118 valence electrons. The van der Waals surface area contributed by atoms with E-state index in [2.05, 4.69) is 21.2 Å². The molecule has 0 radical (unpaired) electrons. The lowest BCUT2D eigenvalue weighted by Gasteiger charge is -2.25. The zero-order valence-corrected chi connectivity index (χ0v) is 14.9. The van der Waals surface area contributed by atoms with Gasteiger partial charge in [0.25, 0.3) is 0 Å². The summed E-state index contributed by atoms with van der Waals surface area (Å²) in [5.74, 6) is 0.394. The Hall–Kier alpha value is -0.630. The van der Waals surface area contributed by atoms with Gasteiger partial charge >= 0.3 is 0 Å². The minimum atomic E-state index is -3.55. The first-order valence-corrected chi connectivity index (χ1v) is 9.15. The van der Waals surface area contributed by atoms with Crippen LogP contribution in [0.5, 0.6) is 5.75 Å². The molecule has 1 heterocycles. The lowest BCUT2D eigenvalue weighted by molar-refractivity contribution is 0.370. The molecule has 2 rings (SSSR count). The first kappa shape index (κ1) is 16.7. The number of sulfonamides is 1. The maximum Gasteiger partial charge on any atom is 0.247 e. The normalized spacial score (nSPS) is 19.9. The second-order valence-electron chi connectivity index (χ2n) is 5.22. The summed E-state index contributed by atoms with van der Waals surface area (Å²) in [7, 11) is -0.218. The molecule has 0 spiro atoms. The van der Waals surface area contributed by atoms with Crippen LogP contribution in [0.4, 0.5) is 0 Å². The smallest absolute Gasteiger partial charge is 0.247 e. The van der Waals surface area contributed by atoms with Crippen molar-refractivity contribution in [1.29, 1.82) is 0 Å². The van der Waals surface area contributed by atoms with E-state index in [-0.39, 0.29) is 10.9 Å². The van der Waals surface area contributed by atoms with Crippen LogP contribution in [0.3, 0.4) is 0 Å². The van der Waals surface area contributed by atoms with Crippen LogP contribution in [0, 0.1) is 6.92 Å². The fourth-order valence-electron chi connectivity index (χ4n) is 2.69. The molecular formula is C14H21BrN2O3S. The second-order valence-corrected chi connectivity index (χ2v) is 7.94. The Morgan fingerprint density at radius 1 is 1.48 bits per heavy atom. The number of benzene rings is 1. The highest BCUT2D eigenvalue weighted by atomic mass is 79.9. The zero-order valence-electron chi connectivity index (χ0n) is 12.5. The van der Waals surface area contributed by atoms with Crippen LogP contribution in [0.15, 0.2) is 21.5 Å². The largest absolute Gasteiger partial charge is 0.495 e. The van der Waals surface area contributed by atoms with Gasteiger partial charge in [-0.15, -0.1) is 0 Å². The minimum Gasteiger partial charge on any atom is -0.495 e. The summed E-state index contributed by atoms with van der Waals surface area (Å²) < 4.78 is 33.6. The molecule has 1 aliphatic heterocycles. The quantitative estimate of drug-likeness (QED) is 0.854. The fourth-order valence-corrected chi connectivity index (χ4v) is 5.04. The number of ether oxygens (including phenoxy) is 1. The van der Waals surface area contributed by atoms with Gasteiger partial charge in [0.05, 0.1) is 7.11 Å². The summed E-state index contributed by atoms with van der Waals surface area (Å²) in [6, 6.07) is 3.39. The molecule has 1 fully saturated rings. The Labute approximate surface area is 134 Å². The predicted molar refractivity (Wildman–Crippen MR) is 86.3 cm³/mol. The number of nitrogens with zero attached hydrogens (tertiary/aromatic N) is 1. The summed E-state index contributed by atoms with van der Waals surface area (Å²) in [4.78, 5) is 0.227. The predicted octanol–water partition coefficient (Wildman–Crippen LogP) is 2.14. The molecule has 0 amide bonds. The summed E-state index contributed by atoms with van der Waals surface area (Å²) in [6.45, 7) is 3.13. The number of hydrogen-bond donors (Lipinski definition) is 1. The third-order valence-electron chi connectivity index (χ3n) is 3.79. The number of rotatable bonds is 5. The van der Waals surface area contributed by atoms with Gasteiger partial charge in [0.15, 0.2) is 0 Å². The highest BCUT2D eigenvalue weighted by Crippen LogP contribution is 2.34. The van der Waals surface area contributed by atoms with E-state index in [9.17, 15) is 8.42 Å². The fraction of sp³-hybridized carbons (Fsp3) is 0.571. The molecule has 5 nitrogen and oxygen atoms in total. The average Bonchev–Trinajstić information content (AvgIpc) is 2.90. The first-order chi connectivity index (χ1) is 9.91. The number of likely N-dealkylation sites (N-methyl/N-ethyl adjacent to an activating group) is 1. The Balaban J connectivity index is 2.46. The number of aryl methyl sites for hydroxylation is 1. The van der Waals surface area contributed by atoms with Crippen LogP contribution < -0.4 is 10.1 Å². The first-order valence-electron chi connectivity index (χ1n) is 6.92. The van der Waals surface area contributed by atoms with Gasteiger partial charge in [-0.25, -0.2) is 8.42 Å². The van der Waals surface area contributed by atoms with Crippen LogP contribution in [-0.4, -0.2) is 46.0 Å². The van der Waals surface area contributed by atoms with Gasteiger partial charge < -0.3 is 10.1 Å². The summed E-state index contributed by atoms with van der Waals surface area (Å²) in [5.41, 5.74) is 0.944. The molecule has 7 heteroatoms. The molecule has 0 saturated carbocycles. The maximum atomic E-state index is 13.0. The van der Waals surface area contributed by atoms with Crippen molar-refractivity contribution in [3.63, 3.8) is 0 Å². The molecule has 0 bridgehead atoms. The van der Waals surface area contributed by atoms with Gasteiger partial charge in [0.1, 0.15) is 10.6 Å². The Kier molecular flexibility index (Phi) is 5.29. The molecule has 1 N–H and O–H groups in total. The molecule has 21 heavy (non-hydrogen) atoms. The standard InChI is InChI=1S/C14H21BrN2O3S/c1-10-7-13(20-3)14(8-12(10)15)21(18,19)17-6-4-5-11(17)9-16-2/h7-8,11,16H,4-6,9H2,1-3H3. The van der Waals surface area contributed by atoms with E-state index in [4.69, 9.17) is 4.74 Å². The molecule has 1 atom stereocenters. The van der Waals surface area contributed by atoms with Crippen LogP contribution in [0.2, 0.25) is 0 Å². The zero-order chi connectivity index (χ0) is 15.6. The summed E-state index contributed by atoms with van der Waals surface area (Å²) >= 11 is 3.41. The van der Waals surface area contributed by atoms with E-state index in [0.717, 1.165) is 22.9 Å². The van der Waals surface area contributed by atoms with Crippen LogP contribution in [0.25, 0.3) is 0 Å². The van der Waals surface area contributed by atoms with E-state index >= 15 is 0 Å². The van der Waals surface area contributed by atoms with Crippen molar-refractivity contribution in [2.24, 2.45) is 0 Å². The number of halogens is 1. The molecule has 1 aliphatic rings. The van der Waals surface area contributed by atoms with Gasteiger partial charge in [-0.05, 0) is 44.5 Å². The van der Waals surface area contributed by atoms with E-state index in [1.165, 1.54) is 7.11 Å². The van der Waals surface area contributed by atoms with Crippen molar-refractivity contribution in [3.8, 4) is 5.75 Å². The van der Waals surface area contributed by atoms with Crippen molar-refractivity contribution in [3.05, 3.63) is 22.2 Å². The minimum absolute atomic E-state index is 0.00443. The van der Waals surface area contributed by atoms with Gasteiger partial charge in [-0.2, -0.15) is 4.31 Å². The molecule has 0 aromatic heterocycles. The molecular weight excluding hydrogens is 356 g/mol. The third-order valence-corrected chi connectivity index (χ3v) is 6.62. The molecule has 1 saturated heterocycles. The lowest BCUT2D eigenvalue weighted by atomic mass is 10.2.